The number of ketones is 1. The molecule has 1 heterocycles. The minimum Gasteiger partial charge on any atom is -0.494 e. The molecule has 1 aliphatic rings. The molecule has 1 aliphatic heterocycles. The third kappa shape index (κ3) is 8.54. The molecule has 2 rings (SSSR count). The molecule has 2 amide bonds. The molecule has 8 heteroatoms. The number of carbonyl (C=O) groups excluding carboxylic acids is 4. The number of hydrogen-bond donors (Lipinski definition) is 0. The van der Waals surface area contributed by atoms with Crippen molar-refractivity contribution in [2.45, 2.75) is 71.4 Å². The normalized spacial score (nSPS) is 16.2. The summed E-state index contributed by atoms with van der Waals surface area (Å²) in [4.78, 5) is 48.8. The third-order valence-electron chi connectivity index (χ3n) is 5.78. The number of Topliss-reactive ketones (excluding diaryl/α,β-unsaturated/α-hetero) is 1. The largest absolute Gasteiger partial charge is 0.494 e. The topological polar surface area (TPSA) is 90.0 Å². The zero-order valence-electron chi connectivity index (χ0n) is 19.9. The Morgan fingerprint density at radius 2 is 1.82 bits per heavy atom. The van der Waals surface area contributed by atoms with E-state index in [1.165, 1.54) is 10.5 Å². The third-order valence-corrected chi connectivity index (χ3v) is 6.30. The van der Waals surface area contributed by atoms with Crippen molar-refractivity contribution in [2.24, 2.45) is 5.41 Å². The Bertz CT molecular complexity index is 836. The molecule has 1 aromatic carbocycles. The highest BCUT2D eigenvalue weighted by Crippen LogP contribution is 2.26. The zero-order valence-corrected chi connectivity index (χ0v) is 21.1. The summed E-state index contributed by atoms with van der Waals surface area (Å²) < 4.78 is 10.8. The Labute approximate surface area is 198 Å². The number of rotatable bonds is 14. The van der Waals surface area contributed by atoms with Gasteiger partial charge in [0.15, 0.2) is 0 Å². The van der Waals surface area contributed by atoms with E-state index in [4.69, 9.17) is 9.47 Å². The number of benzene rings is 1. The second kappa shape index (κ2) is 12.8. The van der Waals surface area contributed by atoms with E-state index < -0.39 is 5.41 Å². The second-order valence-electron chi connectivity index (χ2n) is 9.04. The van der Waals surface area contributed by atoms with Crippen LogP contribution in [0.3, 0.4) is 0 Å². The molecular weight excluding hydrogens is 441 g/mol. The molecule has 2 atom stereocenters. The van der Waals surface area contributed by atoms with Gasteiger partial charge in [0.1, 0.15) is 11.5 Å². The minimum atomic E-state index is -0.479. The Morgan fingerprint density at radius 3 is 2.42 bits per heavy atom. The van der Waals surface area contributed by atoms with E-state index in [0.717, 1.165) is 25.0 Å². The molecular formula is C25H36NO6P. The number of carbonyl (C=O) groups is 4. The highest BCUT2D eigenvalue weighted by molar-refractivity contribution is 7.19. The number of nitrogens with zero attached hydrogens (tertiary/aromatic N) is 1. The summed E-state index contributed by atoms with van der Waals surface area (Å²) in [5.74, 6) is 0.193. The van der Waals surface area contributed by atoms with Crippen LogP contribution in [-0.4, -0.2) is 53.9 Å². The molecule has 0 bridgehead atoms. The van der Waals surface area contributed by atoms with Gasteiger partial charge in [-0.3, -0.25) is 24.1 Å². The van der Waals surface area contributed by atoms with Crippen LogP contribution in [0.2, 0.25) is 0 Å². The Hall–Kier alpha value is -2.27. The maximum atomic E-state index is 12.1. The molecule has 182 valence electrons. The van der Waals surface area contributed by atoms with E-state index >= 15 is 0 Å². The predicted octanol–water partition coefficient (Wildman–Crippen LogP) is 3.72. The van der Waals surface area contributed by atoms with Crippen LogP contribution in [0.5, 0.6) is 5.75 Å². The number of ether oxygens (including phenoxy) is 2. The highest BCUT2D eigenvalue weighted by atomic mass is 31.0. The fraction of sp³-hybridized carbons (Fsp3) is 0.600. The molecule has 7 nitrogen and oxygen atoms in total. The number of imide groups is 1. The van der Waals surface area contributed by atoms with Crippen LogP contribution < -0.4 is 4.74 Å². The lowest BCUT2D eigenvalue weighted by molar-refractivity contribution is -0.153. The van der Waals surface area contributed by atoms with Crippen molar-refractivity contribution >= 4 is 32.8 Å². The van der Waals surface area contributed by atoms with Gasteiger partial charge in [0, 0.05) is 25.8 Å². The van der Waals surface area contributed by atoms with E-state index in [0.29, 0.717) is 26.1 Å². The fourth-order valence-corrected chi connectivity index (χ4v) is 4.06. The average molecular weight is 478 g/mol. The first-order valence-corrected chi connectivity index (χ1v) is 12.3. The molecule has 2 unspecified atom stereocenters. The van der Waals surface area contributed by atoms with Gasteiger partial charge in [-0.1, -0.05) is 12.1 Å². The summed E-state index contributed by atoms with van der Waals surface area (Å²) in [6.07, 6.45) is 3.85. The lowest BCUT2D eigenvalue weighted by atomic mass is 9.86. The Kier molecular flexibility index (Phi) is 10.5. The highest BCUT2D eigenvalue weighted by Gasteiger charge is 2.35. The van der Waals surface area contributed by atoms with Gasteiger partial charge in [-0.15, -0.1) is 9.24 Å². The lowest BCUT2D eigenvalue weighted by Gasteiger charge is -2.22. The van der Waals surface area contributed by atoms with Crippen LogP contribution in [0.4, 0.5) is 0 Å². The van der Waals surface area contributed by atoms with Crippen LogP contribution in [0.1, 0.15) is 64.9 Å². The van der Waals surface area contributed by atoms with Crippen molar-refractivity contribution in [1.29, 1.82) is 0 Å². The van der Waals surface area contributed by atoms with Crippen molar-refractivity contribution in [3.8, 4) is 5.75 Å². The molecule has 0 aromatic heterocycles. The second-order valence-corrected chi connectivity index (χ2v) is 9.84. The molecule has 33 heavy (non-hydrogen) atoms. The van der Waals surface area contributed by atoms with Gasteiger partial charge in [-0.05, 0) is 64.2 Å². The van der Waals surface area contributed by atoms with Crippen LogP contribution in [-0.2, 0) is 30.3 Å². The SMILES string of the molecule is CCOC(=O)C(C)(C)CCCc1ccc(OCCCC(=O)CCN2C(=O)CC(P)C2=O)cc1. The quantitative estimate of drug-likeness (QED) is 0.176. The zero-order chi connectivity index (χ0) is 24.4. The summed E-state index contributed by atoms with van der Waals surface area (Å²) in [6.45, 7) is 6.64. The predicted molar refractivity (Wildman–Crippen MR) is 129 cm³/mol. The van der Waals surface area contributed by atoms with Gasteiger partial charge in [-0.25, -0.2) is 0 Å². The summed E-state index contributed by atoms with van der Waals surface area (Å²) in [7, 11) is 2.37. The first-order valence-electron chi connectivity index (χ1n) is 11.6. The van der Waals surface area contributed by atoms with Crippen LogP contribution in [0, 0.1) is 5.41 Å². The van der Waals surface area contributed by atoms with Crippen molar-refractivity contribution in [3.05, 3.63) is 29.8 Å². The fourth-order valence-electron chi connectivity index (χ4n) is 3.68. The smallest absolute Gasteiger partial charge is 0.311 e. The molecule has 1 aromatic rings. The summed E-state index contributed by atoms with van der Waals surface area (Å²) in [5, 5.41) is 0. The Balaban J connectivity index is 1.62. The van der Waals surface area contributed by atoms with Gasteiger partial charge in [0.25, 0.3) is 0 Å². The van der Waals surface area contributed by atoms with Crippen molar-refractivity contribution in [2.75, 3.05) is 19.8 Å². The molecule has 0 radical (unpaired) electrons. The molecule has 1 fully saturated rings. The number of esters is 1. The maximum Gasteiger partial charge on any atom is 0.311 e. The standard InChI is InChI=1S/C25H36NO6P/c1-4-31-24(30)25(2,3)14-5-7-18-9-11-20(12-10-18)32-16-6-8-19(27)13-15-26-22(28)17-21(33)23(26)29/h9-12,21H,4-8,13-17,33H2,1-3H3. The van der Waals surface area contributed by atoms with E-state index in [1.54, 1.807) is 0 Å². The van der Waals surface area contributed by atoms with E-state index in [9.17, 15) is 19.2 Å². The molecule has 0 aliphatic carbocycles. The van der Waals surface area contributed by atoms with Gasteiger partial charge in [-0.2, -0.15) is 0 Å². The van der Waals surface area contributed by atoms with E-state index in [1.807, 2.05) is 45.0 Å². The first kappa shape index (κ1) is 27.0. The monoisotopic (exact) mass is 477 g/mol. The Morgan fingerprint density at radius 1 is 1.12 bits per heavy atom. The minimum absolute atomic E-state index is 0.0208. The molecule has 1 saturated heterocycles. The number of aryl methyl sites for hydroxylation is 1. The summed E-state index contributed by atoms with van der Waals surface area (Å²) >= 11 is 0. The van der Waals surface area contributed by atoms with Crippen LogP contribution >= 0.6 is 9.24 Å². The van der Waals surface area contributed by atoms with Gasteiger partial charge >= 0.3 is 5.97 Å². The van der Waals surface area contributed by atoms with Gasteiger partial charge < -0.3 is 9.47 Å². The molecule has 0 saturated carbocycles. The lowest BCUT2D eigenvalue weighted by Crippen LogP contribution is -2.32. The van der Waals surface area contributed by atoms with E-state index in [-0.39, 0.29) is 48.6 Å². The van der Waals surface area contributed by atoms with Gasteiger partial charge in [0.05, 0.1) is 24.3 Å². The van der Waals surface area contributed by atoms with Crippen molar-refractivity contribution < 1.29 is 28.7 Å². The maximum absolute atomic E-state index is 12.1. The van der Waals surface area contributed by atoms with Crippen LogP contribution in [0.15, 0.2) is 24.3 Å². The van der Waals surface area contributed by atoms with Crippen LogP contribution in [0.25, 0.3) is 0 Å². The number of likely N-dealkylation sites (tertiary alicyclic amines) is 1. The average Bonchev–Trinajstić information content (AvgIpc) is 3.01. The summed E-state index contributed by atoms with van der Waals surface area (Å²) in [5.41, 5.74) is 0.341. The van der Waals surface area contributed by atoms with E-state index in [2.05, 4.69) is 9.24 Å². The van der Waals surface area contributed by atoms with Gasteiger partial charge in [0.2, 0.25) is 11.8 Å². The molecule has 0 spiro atoms. The number of amides is 2. The van der Waals surface area contributed by atoms with Crippen molar-refractivity contribution in [1.82, 2.24) is 4.90 Å². The van der Waals surface area contributed by atoms with Crippen molar-refractivity contribution in [3.63, 3.8) is 0 Å². The summed E-state index contributed by atoms with van der Waals surface area (Å²) in [6, 6.07) is 7.86. The first-order chi connectivity index (χ1) is 15.6. The number of hydrogen-bond acceptors (Lipinski definition) is 6. The molecule has 0 N–H and O–H groups in total.